The van der Waals surface area contributed by atoms with Crippen molar-refractivity contribution in [3.63, 3.8) is 0 Å². The zero-order valence-electron chi connectivity index (χ0n) is 16.4. The van der Waals surface area contributed by atoms with Gasteiger partial charge in [0.15, 0.2) is 0 Å². The van der Waals surface area contributed by atoms with Crippen LogP contribution in [0.4, 0.5) is 0 Å². The van der Waals surface area contributed by atoms with E-state index in [4.69, 9.17) is 16.3 Å². The van der Waals surface area contributed by atoms with Gasteiger partial charge in [-0.05, 0) is 37.6 Å². The van der Waals surface area contributed by atoms with Gasteiger partial charge in [-0.15, -0.1) is 0 Å². The molecule has 3 aromatic rings. The Bertz CT molecular complexity index is 1120. The molecule has 3 rings (SSSR count). The van der Waals surface area contributed by atoms with Gasteiger partial charge in [0.25, 0.3) is 0 Å². The highest BCUT2D eigenvalue weighted by Gasteiger charge is 2.17. The number of nitriles is 1. The lowest BCUT2D eigenvalue weighted by atomic mass is 10.0. The standard InChI is InChI=1S/C23H20ClN3O2/c1-15-7-9-17(10-8-15)14-27-23(24)21(16(2)26-27)12-19(13-25)22(28)18-5-4-6-20(11-18)29-3/h4-12H,14H2,1-3H3/b19-12+. The molecule has 146 valence electrons. The molecule has 0 N–H and O–H groups in total. The van der Waals surface area contributed by atoms with E-state index in [1.807, 2.05) is 37.3 Å². The number of Topliss-reactive ketones (excluding diaryl/α,β-unsaturated/α-hetero) is 1. The summed E-state index contributed by atoms with van der Waals surface area (Å²) in [5.41, 5.74) is 3.80. The summed E-state index contributed by atoms with van der Waals surface area (Å²) in [6, 6.07) is 16.8. The number of ether oxygens (including phenoxy) is 1. The second-order valence-electron chi connectivity index (χ2n) is 6.66. The van der Waals surface area contributed by atoms with Crippen LogP contribution in [0.25, 0.3) is 6.08 Å². The van der Waals surface area contributed by atoms with Crippen LogP contribution < -0.4 is 4.74 Å². The van der Waals surface area contributed by atoms with Crippen molar-refractivity contribution in [2.24, 2.45) is 0 Å². The van der Waals surface area contributed by atoms with Gasteiger partial charge < -0.3 is 4.74 Å². The van der Waals surface area contributed by atoms with Crippen LogP contribution >= 0.6 is 11.6 Å². The first-order valence-electron chi connectivity index (χ1n) is 9.02. The summed E-state index contributed by atoms with van der Waals surface area (Å²) in [5, 5.41) is 14.4. The fourth-order valence-corrected chi connectivity index (χ4v) is 3.20. The number of carbonyl (C=O) groups excluding carboxylic acids is 1. The van der Waals surface area contributed by atoms with E-state index in [1.165, 1.54) is 18.7 Å². The molecule has 0 spiro atoms. The van der Waals surface area contributed by atoms with Crippen molar-refractivity contribution in [1.29, 1.82) is 5.26 Å². The van der Waals surface area contributed by atoms with Gasteiger partial charge in [0, 0.05) is 11.1 Å². The van der Waals surface area contributed by atoms with E-state index >= 15 is 0 Å². The number of benzene rings is 2. The number of aryl methyl sites for hydroxylation is 2. The maximum atomic E-state index is 12.8. The summed E-state index contributed by atoms with van der Waals surface area (Å²) >= 11 is 6.53. The van der Waals surface area contributed by atoms with Crippen molar-refractivity contribution in [2.75, 3.05) is 7.11 Å². The van der Waals surface area contributed by atoms with E-state index in [0.29, 0.717) is 34.3 Å². The Morgan fingerprint density at radius 1 is 1.24 bits per heavy atom. The molecule has 0 saturated heterocycles. The molecule has 0 saturated carbocycles. The number of carbonyl (C=O) groups is 1. The SMILES string of the molecule is COc1cccc(C(=O)/C(C#N)=C/c2c(C)nn(Cc3ccc(C)cc3)c2Cl)c1. The average Bonchev–Trinajstić information content (AvgIpc) is 3.00. The fourth-order valence-electron chi connectivity index (χ4n) is 2.92. The third-order valence-electron chi connectivity index (χ3n) is 4.55. The van der Waals surface area contributed by atoms with Gasteiger partial charge in [0.1, 0.15) is 22.5 Å². The van der Waals surface area contributed by atoms with Crippen LogP contribution in [0, 0.1) is 25.2 Å². The Morgan fingerprint density at radius 3 is 2.62 bits per heavy atom. The van der Waals surface area contributed by atoms with Crippen LogP contribution in [-0.2, 0) is 6.54 Å². The van der Waals surface area contributed by atoms with Crippen molar-refractivity contribution in [1.82, 2.24) is 9.78 Å². The Labute approximate surface area is 174 Å². The van der Waals surface area contributed by atoms with Crippen LogP contribution in [0.1, 0.15) is 32.7 Å². The molecule has 0 radical (unpaired) electrons. The molecule has 2 aromatic carbocycles. The average molecular weight is 406 g/mol. The number of nitrogens with zero attached hydrogens (tertiary/aromatic N) is 3. The van der Waals surface area contributed by atoms with Crippen LogP contribution in [0.3, 0.4) is 0 Å². The van der Waals surface area contributed by atoms with E-state index in [-0.39, 0.29) is 5.57 Å². The van der Waals surface area contributed by atoms with E-state index in [0.717, 1.165) is 5.56 Å². The van der Waals surface area contributed by atoms with Gasteiger partial charge in [-0.1, -0.05) is 53.6 Å². The third-order valence-corrected chi connectivity index (χ3v) is 4.95. The zero-order chi connectivity index (χ0) is 21.0. The van der Waals surface area contributed by atoms with Gasteiger partial charge in [0.05, 0.1) is 19.3 Å². The maximum Gasteiger partial charge on any atom is 0.203 e. The van der Waals surface area contributed by atoms with E-state index < -0.39 is 5.78 Å². The number of halogens is 1. The normalized spacial score (nSPS) is 11.2. The highest BCUT2D eigenvalue weighted by atomic mass is 35.5. The summed E-state index contributed by atoms with van der Waals surface area (Å²) in [5.74, 6) is 0.154. The first-order valence-corrected chi connectivity index (χ1v) is 9.39. The molecular weight excluding hydrogens is 386 g/mol. The van der Waals surface area contributed by atoms with E-state index in [1.54, 1.807) is 35.9 Å². The second-order valence-corrected chi connectivity index (χ2v) is 7.02. The van der Waals surface area contributed by atoms with Crippen molar-refractivity contribution in [3.05, 3.63) is 87.2 Å². The molecule has 29 heavy (non-hydrogen) atoms. The largest absolute Gasteiger partial charge is 0.497 e. The van der Waals surface area contributed by atoms with E-state index in [9.17, 15) is 10.1 Å². The molecule has 0 aliphatic heterocycles. The fraction of sp³-hybridized carbons (Fsp3) is 0.174. The quantitative estimate of drug-likeness (QED) is 0.329. The molecule has 0 aliphatic carbocycles. The highest BCUT2D eigenvalue weighted by Crippen LogP contribution is 2.25. The smallest absolute Gasteiger partial charge is 0.203 e. The van der Waals surface area contributed by atoms with E-state index in [2.05, 4.69) is 5.10 Å². The number of allylic oxidation sites excluding steroid dienone is 1. The molecule has 0 fully saturated rings. The van der Waals surface area contributed by atoms with Crippen LogP contribution in [-0.4, -0.2) is 22.7 Å². The second kappa shape index (κ2) is 8.76. The van der Waals surface area contributed by atoms with Crippen LogP contribution in [0.15, 0.2) is 54.1 Å². The molecule has 5 nitrogen and oxygen atoms in total. The lowest BCUT2D eigenvalue weighted by Crippen LogP contribution is -2.03. The summed E-state index contributed by atoms with van der Waals surface area (Å²) in [4.78, 5) is 12.8. The topological polar surface area (TPSA) is 67.9 Å². The molecule has 0 bridgehead atoms. The Kier molecular flexibility index (Phi) is 6.16. The Hall–Kier alpha value is -3.36. The van der Waals surface area contributed by atoms with Gasteiger partial charge >= 0.3 is 0 Å². The number of rotatable bonds is 6. The minimum Gasteiger partial charge on any atom is -0.497 e. The lowest BCUT2D eigenvalue weighted by molar-refractivity contribution is 0.103. The van der Waals surface area contributed by atoms with Crippen molar-refractivity contribution in [2.45, 2.75) is 20.4 Å². The Balaban J connectivity index is 1.93. The van der Waals surface area contributed by atoms with Gasteiger partial charge in [-0.3, -0.25) is 4.79 Å². The van der Waals surface area contributed by atoms with Crippen molar-refractivity contribution in [3.8, 4) is 11.8 Å². The predicted octanol–water partition coefficient (Wildman–Crippen LogP) is 5.00. The Morgan fingerprint density at radius 2 is 1.97 bits per heavy atom. The summed E-state index contributed by atoms with van der Waals surface area (Å²) in [7, 11) is 1.52. The number of methoxy groups -OCH3 is 1. The molecule has 1 aromatic heterocycles. The maximum absolute atomic E-state index is 12.8. The first kappa shape index (κ1) is 20.4. The number of aromatic nitrogens is 2. The summed E-state index contributed by atoms with van der Waals surface area (Å²) in [6.07, 6.45) is 1.50. The molecule has 0 aliphatic rings. The highest BCUT2D eigenvalue weighted by molar-refractivity contribution is 6.31. The molecule has 0 atom stereocenters. The number of hydrogen-bond donors (Lipinski definition) is 0. The lowest BCUT2D eigenvalue weighted by Gasteiger charge is -2.05. The molecule has 6 heteroatoms. The number of hydrogen-bond acceptors (Lipinski definition) is 4. The van der Waals surface area contributed by atoms with Crippen LogP contribution in [0.2, 0.25) is 5.15 Å². The van der Waals surface area contributed by atoms with Crippen molar-refractivity contribution >= 4 is 23.5 Å². The third kappa shape index (κ3) is 4.56. The zero-order valence-corrected chi connectivity index (χ0v) is 17.2. The van der Waals surface area contributed by atoms with Gasteiger partial charge in [-0.2, -0.15) is 10.4 Å². The minimum absolute atomic E-state index is 0.0156. The molecule has 0 unspecified atom stereocenters. The van der Waals surface area contributed by atoms with Crippen LogP contribution in [0.5, 0.6) is 5.75 Å². The molecule has 1 heterocycles. The minimum atomic E-state index is -0.395. The van der Waals surface area contributed by atoms with Gasteiger partial charge in [-0.25, -0.2) is 4.68 Å². The first-order chi connectivity index (χ1) is 13.9. The van der Waals surface area contributed by atoms with Gasteiger partial charge in [0.2, 0.25) is 5.78 Å². The monoisotopic (exact) mass is 405 g/mol. The molecular formula is C23H20ClN3O2. The predicted molar refractivity (Wildman–Crippen MR) is 113 cm³/mol. The summed E-state index contributed by atoms with van der Waals surface area (Å²) < 4.78 is 6.82. The summed E-state index contributed by atoms with van der Waals surface area (Å²) in [6.45, 7) is 4.33. The van der Waals surface area contributed by atoms with Crippen molar-refractivity contribution < 1.29 is 9.53 Å². The number of ketones is 1. The molecule has 0 amide bonds.